The molecule has 0 radical (unpaired) electrons. The van der Waals surface area contributed by atoms with Gasteiger partial charge in [0.05, 0.1) is 13.2 Å². The summed E-state index contributed by atoms with van der Waals surface area (Å²) in [5.41, 5.74) is 4.12. The van der Waals surface area contributed by atoms with Gasteiger partial charge >= 0.3 is 5.97 Å². The molecule has 146 valence electrons. The molecule has 4 rings (SSSR count). The number of nitrogens with zero attached hydrogens (tertiary/aromatic N) is 1. The van der Waals surface area contributed by atoms with Crippen LogP contribution in [0.5, 0.6) is 0 Å². The van der Waals surface area contributed by atoms with E-state index < -0.39 is 0 Å². The summed E-state index contributed by atoms with van der Waals surface area (Å²) in [7, 11) is 1.49. The van der Waals surface area contributed by atoms with Crippen LogP contribution >= 0.6 is 31.9 Å². The molecule has 4 nitrogen and oxygen atoms in total. The van der Waals surface area contributed by atoms with Crippen LogP contribution in [-0.4, -0.2) is 36.1 Å². The van der Waals surface area contributed by atoms with Gasteiger partial charge < -0.3 is 9.72 Å². The minimum Gasteiger partial charge on any atom is -0.469 e. The van der Waals surface area contributed by atoms with Crippen LogP contribution in [0.2, 0.25) is 0 Å². The van der Waals surface area contributed by atoms with E-state index in [1.54, 1.807) is 0 Å². The van der Waals surface area contributed by atoms with Crippen molar-refractivity contribution in [2.75, 3.05) is 20.2 Å². The number of hydrogen-bond acceptors (Lipinski definition) is 3. The molecule has 3 heterocycles. The molecule has 6 heteroatoms. The summed E-state index contributed by atoms with van der Waals surface area (Å²) < 4.78 is 7.17. The molecule has 27 heavy (non-hydrogen) atoms. The maximum atomic E-state index is 11.9. The highest BCUT2D eigenvalue weighted by Crippen LogP contribution is 2.54. The molecule has 2 aromatic rings. The Morgan fingerprint density at radius 2 is 2.19 bits per heavy atom. The first-order chi connectivity index (χ1) is 13.0. The van der Waals surface area contributed by atoms with E-state index in [0.717, 1.165) is 41.3 Å². The number of halogens is 2. The molecule has 1 fully saturated rings. The van der Waals surface area contributed by atoms with Gasteiger partial charge in [-0.1, -0.05) is 6.92 Å². The fraction of sp³-hybridized carbons (Fsp3) is 0.571. The maximum absolute atomic E-state index is 11.9. The van der Waals surface area contributed by atoms with Crippen LogP contribution in [0, 0.1) is 5.41 Å². The third kappa shape index (κ3) is 3.18. The average Bonchev–Trinajstić information content (AvgIpc) is 3.08. The van der Waals surface area contributed by atoms with E-state index in [0.29, 0.717) is 12.5 Å². The Morgan fingerprint density at radius 3 is 2.93 bits per heavy atom. The standard InChI is InChI=1S/C21H26Br2N2O2/c1-3-21(10-7-16(26)27-2)9-4-11-25-12-8-13-17-15(24-19(13)20(21)25)6-5-14(22)18(17)23/h5-6,20,24H,3-4,7-12H2,1-2H3/t20-,21-/m1/s1. The minimum atomic E-state index is -0.0979. The molecule has 1 saturated heterocycles. The van der Waals surface area contributed by atoms with E-state index in [9.17, 15) is 4.79 Å². The van der Waals surface area contributed by atoms with E-state index in [2.05, 4.69) is 60.8 Å². The van der Waals surface area contributed by atoms with Crippen LogP contribution in [0.4, 0.5) is 0 Å². The second kappa shape index (κ2) is 7.53. The molecule has 1 aromatic carbocycles. The van der Waals surface area contributed by atoms with E-state index >= 15 is 0 Å². The first-order valence-corrected chi connectivity index (χ1v) is 11.4. The van der Waals surface area contributed by atoms with Crippen molar-refractivity contribution < 1.29 is 9.53 Å². The van der Waals surface area contributed by atoms with Crippen molar-refractivity contribution >= 4 is 48.7 Å². The second-order valence-corrected chi connectivity index (χ2v) is 9.53. The maximum Gasteiger partial charge on any atom is 0.305 e. The first kappa shape index (κ1) is 19.5. The summed E-state index contributed by atoms with van der Waals surface area (Å²) in [4.78, 5) is 18.3. The van der Waals surface area contributed by atoms with Crippen molar-refractivity contribution in [1.29, 1.82) is 0 Å². The fourth-order valence-electron chi connectivity index (χ4n) is 5.33. The number of carbonyl (C=O) groups is 1. The topological polar surface area (TPSA) is 45.3 Å². The summed E-state index contributed by atoms with van der Waals surface area (Å²) in [6.07, 6.45) is 5.90. The summed E-state index contributed by atoms with van der Waals surface area (Å²) in [6.45, 7) is 4.51. The largest absolute Gasteiger partial charge is 0.469 e. The number of methoxy groups -OCH3 is 1. The molecule has 0 amide bonds. The van der Waals surface area contributed by atoms with Gasteiger partial charge in [0.15, 0.2) is 0 Å². The third-order valence-corrected chi connectivity index (χ3v) is 8.75. The highest BCUT2D eigenvalue weighted by atomic mass is 79.9. The van der Waals surface area contributed by atoms with E-state index in [1.807, 2.05) is 0 Å². The van der Waals surface area contributed by atoms with Crippen molar-refractivity contribution in [2.24, 2.45) is 5.41 Å². The molecule has 0 aliphatic carbocycles. The Balaban J connectivity index is 1.82. The lowest BCUT2D eigenvalue weighted by Gasteiger charge is -2.52. The molecule has 0 bridgehead atoms. The molecular formula is C21H26Br2N2O2. The van der Waals surface area contributed by atoms with Crippen LogP contribution in [-0.2, 0) is 16.0 Å². The summed E-state index contributed by atoms with van der Waals surface area (Å²) in [5, 5.41) is 1.31. The number of ether oxygens (including phenoxy) is 1. The number of rotatable bonds is 4. The van der Waals surface area contributed by atoms with Gasteiger partial charge in [-0.2, -0.15) is 0 Å². The van der Waals surface area contributed by atoms with Crippen LogP contribution in [0.3, 0.4) is 0 Å². The quantitative estimate of drug-likeness (QED) is 0.548. The van der Waals surface area contributed by atoms with E-state index in [1.165, 1.54) is 42.1 Å². The number of fused-ring (bicyclic) bond motifs is 5. The Kier molecular flexibility index (Phi) is 5.43. The molecule has 0 spiro atoms. The van der Waals surface area contributed by atoms with Gasteiger partial charge in [0.25, 0.3) is 0 Å². The van der Waals surface area contributed by atoms with Crippen LogP contribution in [0.15, 0.2) is 21.1 Å². The Morgan fingerprint density at radius 1 is 1.37 bits per heavy atom. The zero-order valence-electron chi connectivity index (χ0n) is 15.9. The molecule has 0 saturated carbocycles. The number of esters is 1. The summed E-state index contributed by atoms with van der Waals surface area (Å²) in [6, 6.07) is 4.61. The van der Waals surface area contributed by atoms with Crippen LogP contribution in [0.1, 0.15) is 56.3 Å². The van der Waals surface area contributed by atoms with Crippen molar-refractivity contribution in [3.63, 3.8) is 0 Å². The fourth-order valence-corrected chi connectivity index (χ4v) is 6.25. The lowest BCUT2D eigenvalue weighted by Crippen LogP contribution is -2.49. The molecule has 1 aromatic heterocycles. The first-order valence-electron chi connectivity index (χ1n) is 9.80. The third-order valence-electron chi connectivity index (χ3n) is 6.74. The summed E-state index contributed by atoms with van der Waals surface area (Å²) in [5.74, 6) is -0.0979. The summed E-state index contributed by atoms with van der Waals surface area (Å²) >= 11 is 7.45. The Labute approximate surface area is 177 Å². The molecule has 2 aliphatic heterocycles. The number of carbonyl (C=O) groups excluding carboxylic acids is 1. The zero-order valence-corrected chi connectivity index (χ0v) is 19.1. The highest BCUT2D eigenvalue weighted by molar-refractivity contribution is 9.13. The van der Waals surface area contributed by atoms with Crippen molar-refractivity contribution in [3.05, 3.63) is 32.3 Å². The van der Waals surface area contributed by atoms with Gasteiger partial charge in [-0.05, 0) is 93.6 Å². The smallest absolute Gasteiger partial charge is 0.305 e. The van der Waals surface area contributed by atoms with E-state index in [-0.39, 0.29) is 11.4 Å². The molecule has 0 unspecified atom stereocenters. The van der Waals surface area contributed by atoms with Crippen molar-refractivity contribution in [1.82, 2.24) is 9.88 Å². The SMILES string of the molecule is CC[C@]1(CCC(=O)OC)CCCN2CCc3c([nH]c4ccc(Br)c(Br)c34)[C@@H]21. The monoisotopic (exact) mass is 496 g/mol. The molecule has 2 atom stereocenters. The number of aromatic amines is 1. The van der Waals surface area contributed by atoms with Gasteiger partial charge in [-0.25, -0.2) is 0 Å². The Hall–Kier alpha value is -0.850. The molecule has 2 aliphatic rings. The van der Waals surface area contributed by atoms with Gasteiger partial charge in [0.1, 0.15) is 0 Å². The number of H-pyrrole nitrogens is 1. The van der Waals surface area contributed by atoms with E-state index in [4.69, 9.17) is 4.74 Å². The van der Waals surface area contributed by atoms with Gasteiger partial charge in [-0.15, -0.1) is 0 Å². The van der Waals surface area contributed by atoms with Gasteiger partial charge in [-0.3, -0.25) is 9.69 Å². The number of aromatic nitrogens is 1. The number of hydrogen-bond donors (Lipinski definition) is 1. The van der Waals surface area contributed by atoms with Gasteiger partial charge in [0, 0.05) is 38.5 Å². The Bertz CT molecular complexity index is 879. The average molecular weight is 498 g/mol. The second-order valence-electron chi connectivity index (χ2n) is 7.89. The minimum absolute atomic E-state index is 0.0979. The molecular weight excluding hydrogens is 472 g/mol. The number of benzene rings is 1. The van der Waals surface area contributed by atoms with Crippen LogP contribution < -0.4 is 0 Å². The zero-order chi connectivity index (χ0) is 19.2. The number of piperidine rings is 1. The lowest BCUT2D eigenvalue weighted by molar-refractivity contribution is -0.142. The van der Waals surface area contributed by atoms with Gasteiger partial charge in [0.2, 0.25) is 0 Å². The normalized spacial score (nSPS) is 25.3. The predicted octanol–water partition coefficient (Wildman–Crippen LogP) is 5.74. The lowest BCUT2D eigenvalue weighted by atomic mass is 9.65. The van der Waals surface area contributed by atoms with Crippen molar-refractivity contribution in [3.8, 4) is 0 Å². The molecule has 1 N–H and O–H groups in total. The van der Waals surface area contributed by atoms with Crippen molar-refractivity contribution in [2.45, 2.75) is 51.5 Å². The number of nitrogens with one attached hydrogen (secondary N) is 1. The predicted molar refractivity (Wildman–Crippen MR) is 115 cm³/mol. The highest BCUT2D eigenvalue weighted by Gasteiger charge is 2.47. The van der Waals surface area contributed by atoms with Crippen LogP contribution in [0.25, 0.3) is 10.9 Å².